The highest BCUT2D eigenvalue weighted by atomic mass is 79.9. The number of carbonyl (C=O) groups is 2. The largest absolute Gasteiger partial charge is 0.481 e. The molecule has 1 aromatic rings. The number of nitrogens with zero attached hydrogens (tertiary/aromatic N) is 1. The first-order valence-electron chi connectivity index (χ1n) is 5.41. The van der Waals surface area contributed by atoms with Crippen LogP contribution < -0.4 is 10.9 Å². The summed E-state index contributed by atoms with van der Waals surface area (Å²) in [4.78, 5) is 33.3. The van der Waals surface area contributed by atoms with E-state index in [0.29, 0.717) is 12.3 Å². The van der Waals surface area contributed by atoms with E-state index in [0.717, 1.165) is 4.47 Å². The van der Waals surface area contributed by atoms with Gasteiger partial charge in [-0.3, -0.25) is 14.4 Å². The van der Waals surface area contributed by atoms with Gasteiger partial charge in [-0.1, -0.05) is 0 Å². The van der Waals surface area contributed by atoms with Crippen molar-refractivity contribution >= 4 is 39.6 Å². The second kappa shape index (κ2) is 8.00. The van der Waals surface area contributed by atoms with Gasteiger partial charge in [0.25, 0.3) is 5.56 Å². The number of rotatable bonds is 7. The molecule has 0 saturated heterocycles. The van der Waals surface area contributed by atoms with E-state index in [1.807, 2.05) is 0 Å². The first-order valence-corrected chi connectivity index (χ1v) is 7.36. The molecule has 0 unspecified atom stereocenters. The Kier molecular flexibility index (Phi) is 6.65. The highest BCUT2D eigenvalue weighted by Gasteiger charge is 2.04. The van der Waals surface area contributed by atoms with Crippen molar-refractivity contribution in [3.8, 4) is 0 Å². The minimum absolute atomic E-state index is 0.0148. The zero-order valence-corrected chi connectivity index (χ0v) is 12.4. The van der Waals surface area contributed by atoms with E-state index in [9.17, 15) is 14.4 Å². The molecule has 8 heteroatoms. The van der Waals surface area contributed by atoms with Crippen LogP contribution in [0.3, 0.4) is 0 Å². The predicted molar refractivity (Wildman–Crippen MR) is 76.4 cm³/mol. The van der Waals surface area contributed by atoms with Crippen molar-refractivity contribution in [2.24, 2.45) is 0 Å². The van der Waals surface area contributed by atoms with Crippen molar-refractivity contribution in [3.05, 3.63) is 33.2 Å². The van der Waals surface area contributed by atoms with Crippen molar-refractivity contribution in [3.63, 3.8) is 0 Å². The number of thioether (sulfide) groups is 1. The predicted octanol–water partition coefficient (Wildman–Crippen LogP) is 0.545. The fraction of sp³-hybridized carbons (Fsp3) is 0.364. The fourth-order valence-corrected chi connectivity index (χ4v) is 2.20. The number of amides is 1. The van der Waals surface area contributed by atoms with E-state index in [-0.39, 0.29) is 23.8 Å². The Morgan fingerprint density at radius 2 is 2.16 bits per heavy atom. The average Bonchev–Trinajstić information content (AvgIpc) is 2.33. The molecule has 104 valence electrons. The van der Waals surface area contributed by atoms with Crippen molar-refractivity contribution in [2.75, 3.05) is 18.1 Å². The van der Waals surface area contributed by atoms with E-state index >= 15 is 0 Å². The summed E-state index contributed by atoms with van der Waals surface area (Å²) in [5.41, 5.74) is -0.251. The van der Waals surface area contributed by atoms with Gasteiger partial charge >= 0.3 is 5.97 Å². The van der Waals surface area contributed by atoms with Gasteiger partial charge in [0.05, 0.1) is 5.75 Å². The Bertz CT molecular complexity index is 518. The lowest BCUT2D eigenvalue weighted by molar-refractivity contribution is -0.133. The molecule has 0 bridgehead atoms. The number of carbonyl (C=O) groups excluding carboxylic acids is 1. The Hall–Kier alpha value is -1.28. The second-order valence-corrected chi connectivity index (χ2v) is 5.63. The summed E-state index contributed by atoms with van der Waals surface area (Å²) < 4.78 is 2.01. The number of hydrogen-bond donors (Lipinski definition) is 2. The Labute approximate surface area is 122 Å². The van der Waals surface area contributed by atoms with E-state index in [1.54, 1.807) is 12.3 Å². The average molecular weight is 349 g/mol. The third kappa shape index (κ3) is 6.44. The number of nitrogens with one attached hydrogen (secondary N) is 1. The zero-order valence-electron chi connectivity index (χ0n) is 9.97. The number of halogens is 1. The van der Waals surface area contributed by atoms with E-state index in [4.69, 9.17) is 5.11 Å². The van der Waals surface area contributed by atoms with Gasteiger partial charge in [-0.15, -0.1) is 11.8 Å². The summed E-state index contributed by atoms with van der Waals surface area (Å²) in [5, 5.41) is 11.0. The highest BCUT2D eigenvalue weighted by molar-refractivity contribution is 9.10. The molecule has 19 heavy (non-hydrogen) atoms. The van der Waals surface area contributed by atoms with Gasteiger partial charge in [-0.25, -0.2) is 0 Å². The summed E-state index contributed by atoms with van der Waals surface area (Å²) in [5.74, 6) is -0.625. The van der Waals surface area contributed by atoms with Crippen LogP contribution in [-0.4, -0.2) is 39.6 Å². The lowest BCUT2D eigenvalue weighted by atomic mass is 10.4. The molecule has 0 atom stereocenters. The van der Waals surface area contributed by atoms with Crippen LogP contribution in [0.15, 0.2) is 27.6 Å². The highest BCUT2D eigenvalue weighted by Crippen LogP contribution is 2.04. The maximum atomic E-state index is 11.6. The van der Waals surface area contributed by atoms with Gasteiger partial charge in [0.1, 0.15) is 6.54 Å². The molecule has 6 nitrogen and oxygen atoms in total. The molecular formula is C11H13BrN2O4S. The molecule has 0 radical (unpaired) electrons. The van der Waals surface area contributed by atoms with Crippen molar-refractivity contribution < 1.29 is 14.7 Å². The lowest BCUT2D eigenvalue weighted by Crippen LogP contribution is -2.33. The molecule has 0 aliphatic heterocycles. The van der Waals surface area contributed by atoms with Crippen LogP contribution in [0.25, 0.3) is 0 Å². The third-order valence-electron chi connectivity index (χ3n) is 2.06. The number of aromatic nitrogens is 1. The normalized spacial score (nSPS) is 10.2. The Morgan fingerprint density at radius 3 is 2.84 bits per heavy atom. The topological polar surface area (TPSA) is 88.4 Å². The molecule has 0 saturated carbocycles. The number of aliphatic carboxylic acids is 1. The quantitative estimate of drug-likeness (QED) is 0.702. The van der Waals surface area contributed by atoms with Crippen molar-refractivity contribution in [2.45, 2.75) is 6.54 Å². The number of carboxylic acids is 1. The summed E-state index contributed by atoms with van der Waals surface area (Å²) in [6.07, 6.45) is 1.54. The number of pyridine rings is 1. The van der Waals surface area contributed by atoms with Crippen LogP contribution in [0.1, 0.15) is 0 Å². The van der Waals surface area contributed by atoms with Gasteiger partial charge in [0, 0.05) is 29.0 Å². The molecule has 1 aromatic heterocycles. The van der Waals surface area contributed by atoms with Crippen molar-refractivity contribution in [1.29, 1.82) is 0 Å². The van der Waals surface area contributed by atoms with E-state index < -0.39 is 5.97 Å². The maximum absolute atomic E-state index is 11.6. The molecule has 1 heterocycles. The van der Waals surface area contributed by atoms with Gasteiger partial charge in [-0.05, 0) is 22.0 Å². The summed E-state index contributed by atoms with van der Waals surface area (Å²) in [6.45, 7) is 0.321. The molecule has 0 aliphatic carbocycles. The van der Waals surface area contributed by atoms with Gasteiger partial charge in [0.2, 0.25) is 5.91 Å². The van der Waals surface area contributed by atoms with Crippen LogP contribution in [0, 0.1) is 0 Å². The summed E-state index contributed by atoms with van der Waals surface area (Å²) in [6, 6.07) is 2.99. The maximum Gasteiger partial charge on any atom is 0.313 e. The standard InChI is InChI=1S/C11H13BrN2O4S/c12-8-1-2-10(16)14(5-8)6-9(15)13-3-4-19-7-11(17)18/h1-2,5H,3-4,6-7H2,(H,13,15)(H,17,18). The van der Waals surface area contributed by atoms with E-state index in [2.05, 4.69) is 21.2 Å². The molecule has 0 aliphatic rings. The first-order chi connectivity index (χ1) is 8.99. The van der Waals surface area contributed by atoms with Crippen LogP contribution in [0.2, 0.25) is 0 Å². The molecule has 1 rings (SSSR count). The smallest absolute Gasteiger partial charge is 0.313 e. The third-order valence-corrected chi connectivity index (χ3v) is 3.47. The van der Waals surface area contributed by atoms with Crippen molar-refractivity contribution in [1.82, 2.24) is 9.88 Å². The molecule has 0 aromatic carbocycles. The molecule has 2 N–H and O–H groups in total. The SMILES string of the molecule is O=C(O)CSCCNC(=O)Cn1cc(Br)ccc1=O. The second-order valence-electron chi connectivity index (χ2n) is 3.61. The van der Waals surface area contributed by atoms with Gasteiger partial charge < -0.3 is 15.0 Å². The minimum atomic E-state index is -0.878. The molecular weight excluding hydrogens is 336 g/mol. The first kappa shape index (κ1) is 15.8. The van der Waals surface area contributed by atoms with Crippen LogP contribution in [-0.2, 0) is 16.1 Å². The monoisotopic (exact) mass is 348 g/mol. The van der Waals surface area contributed by atoms with Crippen LogP contribution >= 0.6 is 27.7 Å². The lowest BCUT2D eigenvalue weighted by Gasteiger charge is -2.07. The van der Waals surface area contributed by atoms with E-state index in [1.165, 1.54) is 22.4 Å². The molecule has 0 fully saturated rings. The Morgan fingerprint density at radius 1 is 1.42 bits per heavy atom. The molecule has 1 amide bonds. The number of hydrogen-bond acceptors (Lipinski definition) is 4. The van der Waals surface area contributed by atoms with Gasteiger partial charge in [0.15, 0.2) is 0 Å². The van der Waals surface area contributed by atoms with Crippen LogP contribution in [0.4, 0.5) is 0 Å². The number of carboxylic acid groups (broad SMARTS) is 1. The zero-order chi connectivity index (χ0) is 14.3. The summed E-state index contributed by atoms with van der Waals surface area (Å²) >= 11 is 4.45. The van der Waals surface area contributed by atoms with Gasteiger partial charge in [-0.2, -0.15) is 0 Å². The Balaban J connectivity index is 2.33. The fourth-order valence-electron chi connectivity index (χ4n) is 1.26. The minimum Gasteiger partial charge on any atom is -0.481 e. The van der Waals surface area contributed by atoms with Crippen LogP contribution in [0.5, 0.6) is 0 Å². The summed E-state index contributed by atoms with van der Waals surface area (Å²) in [7, 11) is 0. The molecule has 0 spiro atoms.